The van der Waals surface area contributed by atoms with E-state index in [1.165, 1.54) is 6.07 Å². The molecule has 1 aromatic heterocycles. The van der Waals surface area contributed by atoms with Gasteiger partial charge in [-0.25, -0.2) is 0 Å². The molecule has 5 nitrogen and oxygen atoms in total. The van der Waals surface area contributed by atoms with Crippen LogP contribution in [0.3, 0.4) is 0 Å². The minimum atomic E-state index is -0.438. The van der Waals surface area contributed by atoms with E-state index in [1.807, 2.05) is 0 Å². The van der Waals surface area contributed by atoms with Gasteiger partial charge in [0.2, 0.25) is 0 Å². The summed E-state index contributed by atoms with van der Waals surface area (Å²) in [7, 11) is 0. The van der Waals surface area contributed by atoms with Crippen LogP contribution in [0.2, 0.25) is 0 Å². The Hall–Kier alpha value is -1.69. The third-order valence-corrected chi connectivity index (χ3v) is 2.82. The summed E-state index contributed by atoms with van der Waals surface area (Å²) in [6.45, 7) is 2.09. The maximum Gasteiger partial charge on any atom is 0.296 e. The first-order valence-electron chi connectivity index (χ1n) is 5.42. The Kier molecular flexibility index (Phi) is 3.23. The summed E-state index contributed by atoms with van der Waals surface area (Å²) in [5, 5.41) is 10.9. The fraction of sp³-hybridized carbons (Fsp3) is 0.364. The highest BCUT2D eigenvalue weighted by Crippen LogP contribution is 2.28. The molecule has 0 aliphatic rings. The molecule has 0 radical (unpaired) electrons. The lowest BCUT2D eigenvalue weighted by Gasteiger charge is -2.00. The van der Waals surface area contributed by atoms with Gasteiger partial charge in [0.25, 0.3) is 10.5 Å². The molecule has 0 saturated heterocycles. The number of H-pyrrole nitrogens is 1. The molecule has 0 atom stereocenters. The van der Waals surface area contributed by atoms with Crippen LogP contribution in [-0.4, -0.2) is 9.91 Å². The van der Waals surface area contributed by atoms with E-state index < -0.39 is 4.92 Å². The number of nitro groups is 1. The van der Waals surface area contributed by atoms with Crippen molar-refractivity contribution < 1.29 is 9.34 Å². The van der Waals surface area contributed by atoms with Crippen molar-refractivity contribution in [3.63, 3.8) is 0 Å². The monoisotopic (exact) mass is 252 g/mol. The summed E-state index contributed by atoms with van der Waals surface area (Å²) in [5.74, 6) is 0. The number of benzene rings is 1. The molecule has 0 fully saturated rings. The van der Waals surface area contributed by atoms with Crippen LogP contribution in [0.25, 0.3) is 11.1 Å². The van der Waals surface area contributed by atoms with Crippen molar-refractivity contribution in [2.24, 2.45) is 0 Å². The third-order valence-electron chi connectivity index (χ3n) is 2.64. The Labute approximate surface area is 103 Å². The number of nitrogens with zero attached hydrogens (tertiary/aromatic N) is 1. The van der Waals surface area contributed by atoms with E-state index in [-0.39, 0.29) is 10.5 Å². The lowest BCUT2D eigenvalue weighted by molar-refractivity contribution is -0.383. The molecule has 1 N–H and O–H groups in total. The van der Waals surface area contributed by atoms with Crippen molar-refractivity contribution in [1.82, 2.24) is 4.98 Å². The molecule has 0 amide bonds. The normalized spacial score (nSPS) is 10.9. The molecular weight excluding hydrogens is 240 g/mol. The van der Waals surface area contributed by atoms with Crippen molar-refractivity contribution in [2.45, 2.75) is 26.2 Å². The molecule has 1 aromatic carbocycles. The van der Waals surface area contributed by atoms with E-state index >= 15 is 0 Å². The number of oxazole rings is 1. The Morgan fingerprint density at radius 1 is 1.53 bits per heavy atom. The van der Waals surface area contributed by atoms with Crippen LogP contribution in [0.4, 0.5) is 5.69 Å². The molecule has 0 aliphatic carbocycles. The average molecular weight is 252 g/mol. The van der Waals surface area contributed by atoms with Gasteiger partial charge in [-0.05, 0) is 36.7 Å². The number of nitrogens with one attached hydrogen (secondary N) is 1. The molecule has 0 unspecified atom stereocenters. The van der Waals surface area contributed by atoms with Crippen molar-refractivity contribution in [3.8, 4) is 0 Å². The van der Waals surface area contributed by atoms with Gasteiger partial charge < -0.3 is 9.40 Å². The first kappa shape index (κ1) is 11.8. The smallest absolute Gasteiger partial charge is 0.296 e. The molecule has 90 valence electrons. The summed E-state index contributed by atoms with van der Waals surface area (Å²) < 4.78 is 5.34. The molecule has 0 aliphatic heterocycles. The molecule has 0 saturated carbocycles. The Balaban J connectivity index is 2.61. The molecule has 6 heteroatoms. The van der Waals surface area contributed by atoms with Gasteiger partial charge in [-0.15, -0.1) is 0 Å². The van der Waals surface area contributed by atoms with Gasteiger partial charge in [0.1, 0.15) is 0 Å². The van der Waals surface area contributed by atoms with E-state index in [0.717, 1.165) is 24.8 Å². The summed E-state index contributed by atoms with van der Waals surface area (Å²) >= 11 is 4.89. The minimum Gasteiger partial charge on any atom is -0.429 e. The van der Waals surface area contributed by atoms with Gasteiger partial charge in [-0.2, -0.15) is 0 Å². The third kappa shape index (κ3) is 2.21. The predicted molar refractivity (Wildman–Crippen MR) is 66.7 cm³/mol. The van der Waals surface area contributed by atoms with Crippen LogP contribution in [-0.2, 0) is 6.42 Å². The molecular formula is C11H12N2O3S. The van der Waals surface area contributed by atoms with E-state index in [0.29, 0.717) is 11.1 Å². The second kappa shape index (κ2) is 4.67. The molecule has 2 aromatic rings. The van der Waals surface area contributed by atoms with Gasteiger partial charge >= 0.3 is 0 Å². The SMILES string of the molecule is CCCCc1ccc([N+](=O)[O-])c2[nH]c(=S)oc12. The van der Waals surface area contributed by atoms with Crippen LogP contribution in [0.1, 0.15) is 25.3 Å². The predicted octanol–water partition coefficient (Wildman–Crippen LogP) is 3.74. The number of hydrogen-bond acceptors (Lipinski definition) is 4. The number of hydrogen-bond donors (Lipinski definition) is 1. The largest absolute Gasteiger partial charge is 0.429 e. The lowest BCUT2D eigenvalue weighted by Crippen LogP contribution is -1.92. The fourth-order valence-corrected chi connectivity index (χ4v) is 1.97. The van der Waals surface area contributed by atoms with Crippen LogP contribution in [0.5, 0.6) is 0 Å². The number of non-ortho nitro benzene ring substituents is 1. The zero-order valence-electron chi connectivity index (χ0n) is 9.36. The van der Waals surface area contributed by atoms with Gasteiger partial charge in [0.15, 0.2) is 11.1 Å². The summed E-state index contributed by atoms with van der Waals surface area (Å²) in [4.78, 5) is 13.3. The highest BCUT2D eigenvalue weighted by molar-refractivity contribution is 7.71. The molecule has 2 rings (SSSR count). The zero-order chi connectivity index (χ0) is 12.4. The van der Waals surface area contributed by atoms with Crippen LogP contribution < -0.4 is 0 Å². The van der Waals surface area contributed by atoms with Crippen molar-refractivity contribution in [2.75, 3.05) is 0 Å². The molecule has 0 spiro atoms. The number of aryl methyl sites for hydroxylation is 1. The summed E-state index contributed by atoms with van der Waals surface area (Å²) in [6.07, 6.45) is 2.91. The molecule has 0 bridgehead atoms. The zero-order valence-corrected chi connectivity index (χ0v) is 10.2. The standard InChI is InChI=1S/C11H12N2O3S/c1-2-3-4-7-5-6-8(13(14)15)9-10(7)16-11(17)12-9/h5-6H,2-4H2,1H3,(H,12,17). The first-order valence-corrected chi connectivity index (χ1v) is 5.83. The van der Waals surface area contributed by atoms with E-state index in [9.17, 15) is 10.1 Å². The second-order valence-corrected chi connectivity index (χ2v) is 4.19. The highest BCUT2D eigenvalue weighted by Gasteiger charge is 2.17. The van der Waals surface area contributed by atoms with Crippen molar-refractivity contribution >= 4 is 29.0 Å². The first-order chi connectivity index (χ1) is 8.13. The minimum absolute atomic E-state index is 0.0000912. The Morgan fingerprint density at radius 3 is 2.94 bits per heavy atom. The van der Waals surface area contributed by atoms with Gasteiger partial charge in [-0.1, -0.05) is 13.3 Å². The van der Waals surface area contributed by atoms with Crippen LogP contribution in [0, 0.1) is 15.0 Å². The number of aromatic amines is 1. The van der Waals surface area contributed by atoms with Crippen molar-refractivity contribution in [3.05, 3.63) is 32.6 Å². The topological polar surface area (TPSA) is 72.1 Å². The van der Waals surface area contributed by atoms with E-state index in [1.54, 1.807) is 6.07 Å². The summed E-state index contributed by atoms with van der Waals surface area (Å²) in [6, 6.07) is 3.23. The Morgan fingerprint density at radius 2 is 2.29 bits per heavy atom. The maximum atomic E-state index is 10.9. The number of nitro benzene ring substituents is 1. The van der Waals surface area contributed by atoms with E-state index in [2.05, 4.69) is 11.9 Å². The Bertz CT molecular complexity index is 615. The fourth-order valence-electron chi connectivity index (χ4n) is 1.79. The van der Waals surface area contributed by atoms with Crippen LogP contribution in [0.15, 0.2) is 16.5 Å². The van der Waals surface area contributed by atoms with Gasteiger partial charge in [-0.3, -0.25) is 10.1 Å². The van der Waals surface area contributed by atoms with Gasteiger partial charge in [0.05, 0.1) is 4.92 Å². The number of unbranched alkanes of at least 4 members (excludes halogenated alkanes) is 1. The van der Waals surface area contributed by atoms with Crippen LogP contribution >= 0.6 is 12.2 Å². The quantitative estimate of drug-likeness (QED) is 0.511. The number of rotatable bonds is 4. The van der Waals surface area contributed by atoms with Gasteiger partial charge in [0, 0.05) is 6.07 Å². The molecule has 1 heterocycles. The summed E-state index contributed by atoms with van der Waals surface area (Å²) in [5.41, 5.74) is 1.85. The second-order valence-electron chi connectivity index (χ2n) is 3.82. The molecule has 17 heavy (non-hydrogen) atoms. The average Bonchev–Trinajstić information content (AvgIpc) is 2.66. The number of aromatic nitrogens is 1. The lowest BCUT2D eigenvalue weighted by atomic mass is 10.1. The highest BCUT2D eigenvalue weighted by atomic mass is 32.1. The maximum absolute atomic E-state index is 10.9. The van der Waals surface area contributed by atoms with E-state index in [4.69, 9.17) is 16.6 Å². The number of fused-ring (bicyclic) bond motifs is 1. The van der Waals surface area contributed by atoms with Crippen molar-refractivity contribution in [1.29, 1.82) is 0 Å².